The van der Waals surface area contributed by atoms with Gasteiger partial charge in [0.05, 0.1) is 17.7 Å². The maximum atomic E-state index is 12.7. The molecular weight excluding hydrogens is 404 g/mol. The predicted molar refractivity (Wildman–Crippen MR) is 114 cm³/mol. The Morgan fingerprint density at radius 1 is 0.933 bits per heavy atom. The molecule has 0 aliphatic carbocycles. The normalized spacial score (nSPS) is 11.8. The van der Waals surface area contributed by atoms with E-state index in [1.807, 2.05) is 30.3 Å². The number of hydrogen-bond acceptors (Lipinski definition) is 4. The summed E-state index contributed by atoms with van der Waals surface area (Å²) < 4.78 is 10.7. The van der Waals surface area contributed by atoms with E-state index in [4.69, 9.17) is 21.1 Å². The summed E-state index contributed by atoms with van der Waals surface area (Å²) in [4.78, 5) is 25.2. The quantitative estimate of drug-likeness (QED) is 0.624. The van der Waals surface area contributed by atoms with E-state index < -0.39 is 0 Å². The highest BCUT2D eigenvalue weighted by atomic mass is 35.5. The minimum Gasteiger partial charge on any atom is -0.454 e. The van der Waals surface area contributed by atoms with Crippen molar-refractivity contribution in [3.05, 3.63) is 88.4 Å². The van der Waals surface area contributed by atoms with Gasteiger partial charge in [0.25, 0.3) is 5.91 Å². The Kier molecular flexibility index (Phi) is 5.86. The molecule has 7 heteroatoms. The third kappa shape index (κ3) is 4.55. The van der Waals surface area contributed by atoms with E-state index in [1.165, 1.54) is 0 Å². The molecule has 3 aromatic carbocycles. The van der Waals surface area contributed by atoms with E-state index >= 15 is 0 Å². The Morgan fingerprint density at radius 3 is 2.57 bits per heavy atom. The van der Waals surface area contributed by atoms with E-state index in [2.05, 4.69) is 10.6 Å². The van der Waals surface area contributed by atoms with Gasteiger partial charge in [-0.2, -0.15) is 0 Å². The molecule has 0 atom stereocenters. The van der Waals surface area contributed by atoms with Crippen LogP contribution in [0.1, 0.15) is 21.5 Å². The van der Waals surface area contributed by atoms with Gasteiger partial charge >= 0.3 is 0 Å². The van der Waals surface area contributed by atoms with Gasteiger partial charge in [0.1, 0.15) is 0 Å². The highest BCUT2D eigenvalue weighted by Crippen LogP contribution is 2.32. The molecule has 1 heterocycles. The first-order valence-electron chi connectivity index (χ1n) is 9.39. The van der Waals surface area contributed by atoms with Crippen molar-refractivity contribution in [1.82, 2.24) is 5.32 Å². The molecule has 1 aliphatic rings. The summed E-state index contributed by atoms with van der Waals surface area (Å²) in [6, 6.07) is 19.6. The van der Waals surface area contributed by atoms with Crippen LogP contribution in [0.5, 0.6) is 11.5 Å². The topological polar surface area (TPSA) is 76.7 Å². The third-order valence-corrected chi connectivity index (χ3v) is 5.01. The molecule has 0 radical (unpaired) electrons. The molecule has 4 rings (SSSR count). The number of rotatable bonds is 6. The van der Waals surface area contributed by atoms with Crippen LogP contribution < -0.4 is 20.1 Å². The Morgan fingerprint density at radius 2 is 1.70 bits per heavy atom. The van der Waals surface area contributed by atoms with Crippen LogP contribution in [0, 0.1) is 0 Å². The van der Waals surface area contributed by atoms with Crippen molar-refractivity contribution in [3.63, 3.8) is 0 Å². The Labute approximate surface area is 178 Å². The average Bonchev–Trinajstić information content (AvgIpc) is 3.22. The van der Waals surface area contributed by atoms with Crippen LogP contribution in [0.15, 0.2) is 66.7 Å². The second-order valence-corrected chi connectivity index (χ2v) is 7.14. The lowest BCUT2D eigenvalue weighted by Crippen LogP contribution is -2.25. The van der Waals surface area contributed by atoms with Gasteiger partial charge in [0.15, 0.2) is 11.5 Å². The molecule has 6 nitrogen and oxygen atoms in total. The highest BCUT2D eigenvalue weighted by molar-refractivity contribution is 6.31. The Balaban J connectivity index is 1.41. The summed E-state index contributed by atoms with van der Waals surface area (Å²) in [5.41, 5.74) is 2.43. The molecule has 0 saturated heterocycles. The molecule has 0 fully saturated rings. The van der Waals surface area contributed by atoms with Crippen molar-refractivity contribution >= 4 is 29.1 Å². The van der Waals surface area contributed by atoms with Crippen LogP contribution in [-0.4, -0.2) is 18.6 Å². The first-order chi connectivity index (χ1) is 14.6. The molecule has 0 spiro atoms. The number of carbonyl (C=O) groups is 2. The summed E-state index contributed by atoms with van der Waals surface area (Å²) >= 11 is 6.13. The zero-order valence-corrected chi connectivity index (χ0v) is 16.7. The van der Waals surface area contributed by atoms with Crippen molar-refractivity contribution in [2.24, 2.45) is 0 Å². The highest BCUT2D eigenvalue weighted by Gasteiger charge is 2.16. The minimum absolute atomic E-state index is 0.118. The van der Waals surface area contributed by atoms with Crippen LogP contribution in [0.2, 0.25) is 5.02 Å². The molecule has 2 N–H and O–H groups in total. The van der Waals surface area contributed by atoms with E-state index in [0.29, 0.717) is 34.3 Å². The molecule has 0 aromatic heterocycles. The standard InChI is InChI=1S/C23H19ClN2O4/c24-18-7-3-1-5-16(18)12-22(27)26-19-8-4-2-6-17(19)23(28)25-13-15-9-10-20-21(11-15)30-14-29-20/h1-11H,12-14H2,(H,25,28)(H,26,27). The first kappa shape index (κ1) is 19.8. The van der Waals surface area contributed by atoms with Gasteiger partial charge in [-0.25, -0.2) is 0 Å². The zero-order chi connectivity index (χ0) is 20.9. The Bertz CT molecular complexity index is 1100. The lowest BCUT2D eigenvalue weighted by molar-refractivity contribution is -0.115. The second-order valence-electron chi connectivity index (χ2n) is 6.73. The van der Waals surface area contributed by atoms with Crippen LogP contribution >= 0.6 is 11.6 Å². The number of nitrogens with one attached hydrogen (secondary N) is 2. The number of halogens is 1. The number of benzene rings is 3. The molecular formula is C23H19ClN2O4. The van der Waals surface area contributed by atoms with Crippen LogP contribution in [0.25, 0.3) is 0 Å². The monoisotopic (exact) mass is 422 g/mol. The smallest absolute Gasteiger partial charge is 0.253 e. The maximum absolute atomic E-state index is 12.7. The van der Waals surface area contributed by atoms with Gasteiger partial charge in [0, 0.05) is 11.6 Å². The van der Waals surface area contributed by atoms with E-state index in [-0.39, 0.29) is 25.0 Å². The minimum atomic E-state index is -0.290. The van der Waals surface area contributed by atoms with Crippen LogP contribution in [0.3, 0.4) is 0 Å². The van der Waals surface area contributed by atoms with Gasteiger partial charge in [0.2, 0.25) is 12.7 Å². The van der Waals surface area contributed by atoms with Gasteiger partial charge in [-0.1, -0.05) is 48.0 Å². The lowest BCUT2D eigenvalue weighted by atomic mass is 10.1. The summed E-state index contributed by atoms with van der Waals surface area (Å²) in [5.74, 6) is 0.811. The largest absolute Gasteiger partial charge is 0.454 e. The molecule has 30 heavy (non-hydrogen) atoms. The number of carbonyl (C=O) groups excluding carboxylic acids is 2. The third-order valence-electron chi connectivity index (χ3n) is 4.64. The number of hydrogen-bond donors (Lipinski definition) is 2. The fraction of sp³-hybridized carbons (Fsp3) is 0.130. The molecule has 0 unspecified atom stereocenters. The van der Waals surface area contributed by atoms with Crippen LogP contribution in [-0.2, 0) is 17.8 Å². The molecule has 0 bridgehead atoms. The predicted octanol–water partition coefficient (Wildman–Crippen LogP) is 4.18. The van der Waals surface area contributed by atoms with Crippen molar-refractivity contribution in [2.75, 3.05) is 12.1 Å². The van der Waals surface area contributed by atoms with Crippen molar-refractivity contribution in [2.45, 2.75) is 13.0 Å². The maximum Gasteiger partial charge on any atom is 0.253 e. The number of fused-ring (bicyclic) bond motifs is 1. The zero-order valence-electron chi connectivity index (χ0n) is 16.0. The van der Waals surface area contributed by atoms with E-state index in [0.717, 1.165) is 11.1 Å². The molecule has 1 aliphatic heterocycles. The average molecular weight is 423 g/mol. The van der Waals surface area contributed by atoms with E-state index in [9.17, 15) is 9.59 Å². The van der Waals surface area contributed by atoms with Crippen molar-refractivity contribution in [3.8, 4) is 11.5 Å². The van der Waals surface area contributed by atoms with Gasteiger partial charge in [-0.15, -0.1) is 0 Å². The molecule has 0 saturated carbocycles. The van der Waals surface area contributed by atoms with Gasteiger partial charge in [-0.3, -0.25) is 9.59 Å². The number of anilines is 1. The first-order valence-corrected chi connectivity index (χ1v) is 9.77. The fourth-order valence-corrected chi connectivity index (χ4v) is 3.33. The molecule has 2 amide bonds. The molecule has 3 aromatic rings. The van der Waals surface area contributed by atoms with Gasteiger partial charge in [-0.05, 0) is 41.5 Å². The van der Waals surface area contributed by atoms with Gasteiger partial charge < -0.3 is 20.1 Å². The number of ether oxygens (including phenoxy) is 2. The Hall–Kier alpha value is -3.51. The van der Waals surface area contributed by atoms with Crippen LogP contribution in [0.4, 0.5) is 5.69 Å². The molecule has 152 valence electrons. The summed E-state index contributed by atoms with van der Waals surface area (Å²) in [6.45, 7) is 0.518. The van der Waals surface area contributed by atoms with Crippen molar-refractivity contribution in [1.29, 1.82) is 0 Å². The fourth-order valence-electron chi connectivity index (χ4n) is 3.13. The number of para-hydroxylation sites is 1. The van der Waals surface area contributed by atoms with E-state index in [1.54, 1.807) is 36.4 Å². The van der Waals surface area contributed by atoms with Crippen molar-refractivity contribution < 1.29 is 19.1 Å². The SMILES string of the molecule is O=C(Cc1ccccc1Cl)Nc1ccccc1C(=O)NCc1ccc2c(c1)OCO2. The summed E-state index contributed by atoms with van der Waals surface area (Å²) in [5, 5.41) is 6.21. The summed E-state index contributed by atoms with van der Waals surface area (Å²) in [6.07, 6.45) is 0.118. The lowest BCUT2D eigenvalue weighted by Gasteiger charge is -2.12. The number of amides is 2. The summed E-state index contributed by atoms with van der Waals surface area (Å²) in [7, 11) is 0. The second kappa shape index (κ2) is 8.88.